The number of pyridine rings is 2. The van der Waals surface area contributed by atoms with Gasteiger partial charge in [0.05, 0.1) is 29.5 Å². The van der Waals surface area contributed by atoms with Gasteiger partial charge in [-0.05, 0) is 64.2 Å². The summed E-state index contributed by atoms with van der Waals surface area (Å²) in [6.45, 7) is 2.93. The van der Waals surface area contributed by atoms with E-state index in [0.29, 0.717) is 22.9 Å². The molecule has 0 saturated carbocycles. The summed E-state index contributed by atoms with van der Waals surface area (Å²) in [5.74, 6) is 1.08. The number of nitrogen functional groups attached to an aromatic ring is 3. The molecule has 0 unspecified atom stereocenters. The SMILES string of the molecule is COc1cc2c(cc1N)nc(CCCN(C)C)c1c(N)nc3c(C)c(N)ccc3c12. The van der Waals surface area contributed by atoms with E-state index in [-0.39, 0.29) is 0 Å². The molecule has 0 fully saturated rings. The van der Waals surface area contributed by atoms with Crippen LogP contribution in [0, 0.1) is 6.92 Å². The van der Waals surface area contributed by atoms with Crippen molar-refractivity contribution in [1.82, 2.24) is 14.9 Å². The van der Waals surface area contributed by atoms with E-state index in [4.69, 9.17) is 31.9 Å². The summed E-state index contributed by atoms with van der Waals surface area (Å²) in [7, 11) is 5.74. The van der Waals surface area contributed by atoms with Gasteiger partial charge >= 0.3 is 0 Å². The van der Waals surface area contributed by atoms with Crippen molar-refractivity contribution in [3.8, 4) is 5.75 Å². The summed E-state index contributed by atoms with van der Waals surface area (Å²) >= 11 is 0. The van der Waals surface area contributed by atoms with Crippen molar-refractivity contribution in [2.45, 2.75) is 19.8 Å². The van der Waals surface area contributed by atoms with Gasteiger partial charge in [0, 0.05) is 27.2 Å². The van der Waals surface area contributed by atoms with Crippen LogP contribution in [0.5, 0.6) is 5.75 Å². The Morgan fingerprint density at radius 3 is 2.43 bits per heavy atom. The van der Waals surface area contributed by atoms with Crippen molar-refractivity contribution in [3.05, 3.63) is 35.5 Å². The first kappa shape index (κ1) is 20.0. The average Bonchev–Trinajstić information content (AvgIpc) is 2.70. The Hall–Kier alpha value is -3.32. The molecule has 0 amide bonds. The lowest BCUT2D eigenvalue weighted by molar-refractivity contribution is 0.400. The first-order chi connectivity index (χ1) is 14.3. The molecule has 0 spiro atoms. The number of nitrogens with zero attached hydrogens (tertiary/aromatic N) is 3. The Morgan fingerprint density at radius 2 is 1.73 bits per heavy atom. The molecule has 4 aromatic rings. The minimum absolute atomic E-state index is 0.469. The normalized spacial score (nSPS) is 11.8. The molecular weight excluding hydrogens is 376 g/mol. The standard InChI is InChI=1S/C23H28N6O/c1-12-15(24)8-7-13-20-14-10-19(30-4)16(25)11-18(14)27-17(6-5-9-29(2)3)21(20)23(26)28-22(12)13/h7-8,10-11H,5-6,9,24-25H2,1-4H3,(H2,26,28). The molecule has 2 aromatic heterocycles. The topological polar surface area (TPSA) is 116 Å². The maximum Gasteiger partial charge on any atom is 0.142 e. The molecule has 30 heavy (non-hydrogen) atoms. The van der Waals surface area contributed by atoms with Gasteiger partial charge in [-0.2, -0.15) is 0 Å². The molecule has 0 aliphatic heterocycles. The number of nitrogens with two attached hydrogens (primary N) is 3. The highest BCUT2D eigenvalue weighted by molar-refractivity contribution is 6.23. The highest BCUT2D eigenvalue weighted by atomic mass is 16.5. The fourth-order valence-electron chi connectivity index (χ4n) is 4.07. The molecule has 2 aromatic carbocycles. The maximum absolute atomic E-state index is 6.51. The first-order valence-electron chi connectivity index (χ1n) is 10.0. The van der Waals surface area contributed by atoms with Gasteiger partial charge < -0.3 is 26.8 Å². The third-order valence-corrected chi connectivity index (χ3v) is 5.66. The molecule has 7 nitrogen and oxygen atoms in total. The highest BCUT2D eigenvalue weighted by Crippen LogP contribution is 2.40. The van der Waals surface area contributed by atoms with Crippen molar-refractivity contribution < 1.29 is 4.74 Å². The summed E-state index contributed by atoms with van der Waals surface area (Å²) in [6, 6.07) is 7.74. The van der Waals surface area contributed by atoms with Gasteiger partial charge in [-0.3, -0.25) is 4.98 Å². The minimum atomic E-state index is 0.469. The zero-order valence-electron chi connectivity index (χ0n) is 17.9. The predicted molar refractivity (Wildman–Crippen MR) is 126 cm³/mol. The van der Waals surface area contributed by atoms with E-state index in [1.807, 2.05) is 31.2 Å². The minimum Gasteiger partial charge on any atom is -0.495 e. The Morgan fingerprint density at radius 1 is 0.967 bits per heavy atom. The van der Waals surface area contributed by atoms with Crippen LogP contribution in [0.4, 0.5) is 17.2 Å². The van der Waals surface area contributed by atoms with E-state index in [9.17, 15) is 0 Å². The molecule has 0 aliphatic rings. The van der Waals surface area contributed by atoms with Crippen LogP contribution in [0.1, 0.15) is 17.7 Å². The van der Waals surface area contributed by atoms with E-state index in [1.54, 1.807) is 7.11 Å². The third kappa shape index (κ3) is 3.21. The second-order valence-electron chi connectivity index (χ2n) is 8.00. The average molecular weight is 405 g/mol. The number of methoxy groups -OCH3 is 1. The number of hydrogen-bond donors (Lipinski definition) is 3. The van der Waals surface area contributed by atoms with Crippen LogP contribution in [0.25, 0.3) is 32.6 Å². The molecule has 4 rings (SSSR count). The lowest BCUT2D eigenvalue weighted by atomic mass is 9.96. The molecule has 0 saturated heterocycles. The Labute approximate surface area is 175 Å². The summed E-state index contributed by atoms with van der Waals surface area (Å²) in [5.41, 5.74) is 23.6. The molecular formula is C23H28N6O. The molecule has 0 atom stereocenters. The van der Waals surface area contributed by atoms with Crippen LogP contribution in [0.3, 0.4) is 0 Å². The Balaban J connectivity index is 2.14. The van der Waals surface area contributed by atoms with E-state index >= 15 is 0 Å². The maximum atomic E-state index is 6.51. The van der Waals surface area contributed by atoms with Crippen LogP contribution < -0.4 is 21.9 Å². The van der Waals surface area contributed by atoms with E-state index < -0.39 is 0 Å². The van der Waals surface area contributed by atoms with Crippen LogP contribution >= 0.6 is 0 Å². The van der Waals surface area contributed by atoms with Crippen molar-refractivity contribution >= 4 is 49.8 Å². The molecule has 0 aliphatic carbocycles. The first-order valence-corrected chi connectivity index (χ1v) is 10.0. The van der Waals surface area contributed by atoms with E-state index in [1.165, 1.54) is 0 Å². The monoisotopic (exact) mass is 404 g/mol. The van der Waals surface area contributed by atoms with E-state index in [2.05, 4.69) is 19.0 Å². The zero-order valence-corrected chi connectivity index (χ0v) is 17.9. The lowest BCUT2D eigenvalue weighted by Crippen LogP contribution is -2.14. The van der Waals surface area contributed by atoms with Gasteiger partial charge in [0.25, 0.3) is 0 Å². The van der Waals surface area contributed by atoms with E-state index in [0.717, 1.165) is 63.2 Å². The van der Waals surface area contributed by atoms with Crippen LogP contribution in [0.2, 0.25) is 0 Å². The number of rotatable bonds is 5. The smallest absolute Gasteiger partial charge is 0.142 e. The third-order valence-electron chi connectivity index (χ3n) is 5.66. The number of fused-ring (bicyclic) bond motifs is 5. The summed E-state index contributed by atoms with van der Waals surface area (Å²) < 4.78 is 5.48. The molecule has 156 valence electrons. The highest BCUT2D eigenvalue weighted by Gasteiger charge is 2.18. The summed E-state index contributed by atoms with van der Waals surface area (Å²) in [5, 5.41) is 3.85. The van der Waals surface area contributed by atoms with Crippen molar-refractivity contribution in [2.75, 3.05) is 45.0 Å². The van der Waals surface area contributed by atoms with Gasteiger partial charge in [0.15, 0.2) is 0 Å². The molecule has 6 N–H and O–H groups in total. The summed E-state index contributed by atoms with van der Waals surface area (Å²) in [4.78, 5) is 11.8. The number of anilines is 3. The molecule has 0 bridgehead atoms. The van der Waals surface area contributed by atoms with Crippen LogP contribution in [-0.4, -0.2) is 42.6 Å². The Bertz CT molecular complexity index is 1280. The molecule has 7 heteroatoms. The second-order valence-corrected chi connectivity index (χ2v) is 8.00. The second kappa shape index (κ2) is 7.50. The zero-order chi connectivity index (χ0) is 21.6. The molecule has 2 heterocycles. The lowest BCUT2D eigenvalue weighted by Gasteiger charge is -2.17. The predicted octanol–water partition coefficient (Wildman–Crippen LogP) is 3.49. The van der Waals surface area contributed by atoms with Crippen molar-refractivity contribution in [2.24, 2.45) is 0 Å². The van der Waals surface area contributed by atoms with Crippen molar-refractivity contribution in [1.29, 1.82) is 0 Å². The van der Waals surface area contributed by atoms with Gasteiger partial charge in [-0.1, -0.05) is 6.07 Å². The number of benzene rings is 2. The van der Waals surface area contributed by atoms with Gasteiger partial charge in [0.1, 0.15) is 11.6 Å². The quantitative estimate of drug-likeness (QED) is 0.344. The Kier molecular flexibility index (Phi) is 4.99. The summed E-state index contributed by atoms with van der Waals surface area (Å²) in [6.07, 6.45) is 1.76. The van der Waals surface area contributed by atoms with Gasteiger partial charge in [-0.15, -0.1) is 0 Å². The number of ether oxygens (including phenoxy) is 1. The fourth-order valence-corrected chi connectivity index (χ4v) is 4.07. The van der Waals surface area contributed by atoms with Crippen LogP contribution in [-0.2, 0) is 6.42 Å². The van der Waals surface area contributed by atoms with Gasteiger partial charge in [0.2, 0.25) is 0 Å². The number of aryl methyl sites for hydroxylation is 2. The van der Waals surface area contributed by atoms with Crippen molar-refractivity contribution in [3.63, 3.8) is 0 Å². The fraction of sp³-hybridized carbons (Fsp3) is 0.304. The van der Waals surface area contributed by atoms with Crippen LogP contribution in [0.15, 0.2) is 24.3 Å². The molecule has 0 radical (unpaired) electrons. The largest absolute Gasteiger partial charge is 0.495 e. The number of hydrogen-bond acceptors (Lipinski definition) is 7. The van der Waals surface area contributed by atoms with Gasteiger partial charge in [-0.25, -0.2) is 4.98 Å². The number of aromatic nitrogens is 2.